The van der Waals surface area contributed by atoms with Crippen molar-refractivity contribution in [3.8, 4) is 11.5 Å². The normalized spacial score (nSPS) is 14.2. The van der Waals surface area contributed by atoms with E-state index >= 15 is 0 Å². The first-order valence-electron chi connectivity index (χ1n) is 5.12. The molecular formula is C11H12N4. The van der Waals surface area contributed by atoms with Crippen LogP contribution in [0.25, 0.3) is 23.7 Å². The van der Waals surface area contributed by atoms with Gasteiger partial charge in [-0.25, -0.2) is 4.98 Å². The highest BCUT2D eigenvalue weighted by atomic mass is 15.1. The number of fused-ring (bicyclic) bond motifs is 1. The quantitative estimate of drug-likeness (QED) is 0.702. The standard InChI is InChI=1S/C11H12N4/c1-7-6-10(15-14-7)11-12-8-4-2-3-5-9(8)13-11/h4-6H,2-3H2,1H3,(H,12,13)(H,14,15). The summed E-state index contributed by atoms with van der Waals surface area (Å²) in [5.74, 6) is 0.846. The largest absolute Gasteiger partial charge is 0.337 e. The Kier molecular flexibility index (Phi) is 1.74. The Morgan fingerprint density at radius 2 is 2.13 bits per heavy atom. The fraction of sp³-hybridized carbons (Fsp3) is 0.273. The third-order valence-electron chi connectivity index (χ3n) is 2.56. The molecule has 0 unspecified atom stereocenters. The van der Waals surface area contributed by atoms with Crippen LogP contribution >= 0.6 is 0 Å². The minimum atomic E-state index is 0.846. The smallest absolute Gasteiger partial charge is 0.159 e. The molecular weight excluding hydrogens is 188 g/mol. The Morgan fingerprint density at radius 1 is 1.27 bits per heavy atom. The molecule has 0 atom stereocenters. The first kappa shape index (κ1) is 8.47. The maximum Gasteiger partial charge on any atom is 0.159 e. The van der Waals surface area contributed by atoms with Crippen molar-refractivity contribution in [2.45, 2.75) is 19.8 Å². The van der Waals surface area contributed by atoms with Gasteiger partial charge in [0.15, 0.2) is 5.82 Å². The lowest BCUT2D eigenvalue weighted by molar-refractivity contribution is 1.04. The number of hydrogen-bond donors (Lipinski definition) is 2. The average Bonchev–Trinajstić information content (AvgIpc) is 2.82. The third-order valence-corrected chi connectivity index (χ3v) is 2.56. The molecule has 0 saturated carbocycles. The molecule has 2 aromatic heterocycles. The number of nitrogens with one attached hydrogen (secondary N) is 2. The van der Waals surface area contributed by atoms with Crippen molar-refractivity contribution in [2.75, 3.05) is 0 Å². The molecule has 0 bridgehead atoms. The third kappa shape index (κ3) is 1.38. The Morgan fingerprint density at radius 3 is 2.87 bits per heavy atom. The minimum Gasteiger partial charge on any atom is -0.337 e. The van der Waals surface area contributed by atoms with Crippen molar-refractivity contribution < 1.29 is 0 Å². The molecule has 2 N–H and O–H groups in total. The van der Waals surface area contributed by atoms with E-state index in [0.717, 1.165) is 40.8 Å². The van der Waals surface area contributed by atoms with Gasteiger partial charge in [0.1, 0.15) is 5.69 Å². The second kappa shape index (κ2) is 3.08. The van der Waals surface area contributed by atoms with E-state index in [4.69, 9.17) is 0 Å². The van der Waals surface area contributed by atoms with Gasteiger partial charge in [-0.05, 0) is 25.8 Å². The topological polar surface area (TPSA) is 57.4 Å². The zero-order valence-corrected chi connectivity index (χ0v) is 8.54. The molecule has 0 fully saturated rings. The number of aromatic amines is 2. The summed E-state index contributed by atoms with van der Waals surface area (Å²) in [5.41, 5.74) is 1.93. The van der Waals surface area contributed by atoms with E-state index in [1.165, 1.54) is 0 Å². The second-order valence-corrected chi connectivity index (χ2v) is 3.81. The van der Waals surface area contributed by atoms with E-state index in [2.05, 4.69) is 32.3 Å². The van der Waals surface area contributed by atoms with Crippen molar-refractivity contribution in [3.63, 3.8) is 0 Å². The molecule has 4 nitrogen and oxygen atoms in total. The number of rotatable bonds is 1. The van der Waals surface area contributed by atoms with Crippen LogP contribution in [0.5, 0.6) is 0 Å². The highest BCUT2D eigenvalue weighted by Crippen LogP contribution is 2.09. The monoisotopic (exact) mass is 200 g/mol. The molecule has 0 radical (unpaired) electrons. The van der Waals surface area contributed by atoms with Gasteiger partial charge in [0.2, 0.25) is 0 Å². The van der Waals surface area contributed by atoms with Crippen LogP contribution < -0.4 is 10.7 Å². The van der Waals surface area contributed by atoms with Crippen LogP contribution in [0.2, 0.25) is 0 Å². The maximum absolute atomic E-state index is 4.51. The minimum absolute atomic E-state index is 0.846. The van der Waals surface area contributed by atoms with Crippen molar-refractivity contribution in [1.82, 2.24) is 20.2 Å². The van der Waals surface area contributed by atoms with Crippen molar-refractivity contribution in [2.24, 2.45) is 0 Å². The molecule has 1 aliphatic carbocycles. The lowest BCUT2D eigenvalue weighted by Gasteiger charge is -1.89. The highest BCUT2D eigenvalue weighted by molar-refractivity contribution is 5.50. The first-order valence-corrected chi connectivity index (χ1v) is 5.12. The molecule has 0 aliphatic heterocycles. The van der Waals surface area contributed by atoms with Gasteiger partial charge < -0.3 is 4.98 Å². The van der Waals surface area contributed by atoms with Crippen LogP contribution in [-0.2, 0) is 0 Å². The fourth-order valence-corrected chi connectivity index (χ4v) is 1.82. The van der Waals surface area contributed by atoms with Gasteiger partial charge in [0, 0.05) is 5.69 Å². The van der Waals surface area contributed by atoms with E-state index in [0.29, 0.717) is 0 Å². The summed E-state index contributed by atoms with van der Waals surface area (Å²) in [4.78, 5) is 7.79. The molecule has 0 saturated heterocycles. The SMILES string of the molecule is Cc1cc(-c2nc3c([nH]2)=CCCC=3)n[nH]1. The van der Waals surface area contributed by atoms with Gasteiger partial charge in [0.05, 0.1) is 10.7 Å². The summed E-state index contributed by atoms with van der Waals surface area (Å²) in [6.07, 6.45) is 6.52. The molecule has 1 aliphatic rings. The van der Waals surface area contributed by atoms with E-state index < -0.39 is 0 Å². The number of nitrogens with zero attached hydrogens (tertiary/aromatic N) is 2. The average molecular weight is 200 g/mol. The molecule has 15 heavy (non-hydrogen) atoms. The van der Waals surface area contributed by atoms with Crippen molar-refractivity contribution in [1.29, 1.82) is 0 Å². The van der Waals surface area contributed by atoms with Gasteiger partial charge >= 0.3 is 0 Å². The van der Waals surface area contributed by atoms with Gasteiger partial charge in [-0.1, -0.05) is 12.2 Å². The highest BCUT2D eigenvalue weighted by Gasteiger charge is 2.06. The van der Waals surface area contributed by atoms with E-state index in [1.54, 1.807) is 0 Å². The number of H-pyrrole nitrogens is 2. The molecule has 2 heterocycles. The van der Waals surface area contributed by atoms with Crippen LogP contribution in [-0.4, -0.2) is 20.2 Å². The lowest BCUT2D eigenvalue weighted by atomic mass is 10.2. The fourth-order valence-electron chi connectivity index (χ4n) is 1.82. The van der Waals surface area contributed by atoms with Gasteiger partial charge in [-0.2, -0.15) is 5.10 Å². The summed E-state index contributed by atoms with van der Waals surface area (Å²) in [7, 11) is 0. The van der Waals surface area contributed by atoms with Gasteiger partial charge in [-0.15, -0.1) is 0 Å². The van der Waals surface area contributed by atoms with Gasteiger partial charge in [-0.3, -0.25) is 5.10 Å². The Labute approximate surface area is 86.8 Å². The summed E-state index contributed by atoms with van der Waals surface area (Å²) in [6.45, 7) is 1.98. The number of hydrogen-bond acceptors (Lipinski definition) is 2. The first-order chi connectivity index (χ1) is 7.33. The van der Waals surface area contributed by atoms with Crippen LogP contribution in [0.15, 0.2) is 6.07 Å². The van der Waals surface area contributed by atoms with E-state index in [1.807, 2.05) is 13.0 Å². The molecule has 2 aromatic rings. The summed E-state index contributed by atoms with van der Waals surface area (Å²) >= 11 is 0. The van der Waals surface area contributed by atoms with Crippen LogP contribution in [0.3, 0.4) is 0 Å². The van der Waals surface area contributed by atoms with Crippen LogP contribution in [0.1, 0.15) is 18.5 Å². The molecule has 0 aromatic carbocycles. The predicted octanol–water partition coefficient (Wildman–Crippen LogP) is 0.463. The van der Waals surface area contributed by atoms with Crippen molar-refractivity contribution in [3.05, 3.63) is 22.5 Å². The predicted molar refractivity (Wildman–Crippen MR) is 58.3 cm³/mol. The van der Waals surface area contributed by atoms with Crippen molar-refractivity contribution >= 4 is 12.2 Å². The van der Waals surface area contributed by atoms with E-state index in [-0.39, 0.29) is 0 Å². The number of aromatic nitrogens is 4. The number of imidazole rings is 1. The Balaban J connectivity index is 2.19. The number of aryl methyl sites for hydroxylation is 1. The summed E-state index contributed by atoms with van der Waals surface area (Å²) in [6, 6.07) is 1.99. The van der Waals surface area contributed by atoms with E-state index in [9.17, 15) is 0 Å². The molecule has 4 heteroatoms. The molecule has 0 spiro atoms. The second-order valence-electron chi connectivity index (χ2n) is 3.81. The van der Waals surface area contributed by atoms with Gasteiger partial charge in [0.25, 0.3) is 0 Å². The molecule has 76 valence electrons. The van der Waals surface area contributed by atoms with Crippen LogP contribution in [0.4, 0.5) is 0 Å². The lowest BCUT2D eigenvalue weighted by Crippen LogP contribution is -2.26. The molecule has 0 amide bonds. The summed E-state index contributed by atoms with van der Waals surface area (Å²) in [5, 5.41) is 9.27. The molecule has 3 rings (SSSR count). The summed E-state index contributed by atoms with van der Waals surface area (Å²) < 4.78 is 0. The van der Waals surface area contributed by atoms with Crippen LogP contribution in [0, 0.1) is 6.92 Å². The Hall–Kier alpha value is -1.84. The maximum atomic E-state index is 4.51. The zero-order chi connectivity index (χ0) is 10.3. The zero-order valence-electron chi connectivity index (χ0n) is 8.54. The Bertz CT molecular complexity index is 569.